The number of fused-ring (bicyclic) bond motifs is 3. The van der Waals surface area contributed by atoms with Gasteiger partial charge in [0.15, 0.2) is 11.4 Å². The van der Waals surface area contributed by atoms with Crippen molar-refractivity contribution in [2.45, 2.75) is 38.9 Å². The predicted octanol–water partition coefficient (Wildman–Crippen LogP) is 6.01. The number of hydrogen-bond acceptors (Lipinski definition) is 5. The van der Waals surface area contributed by atoms with Gasteiger partial charge in [-0.15, -0.1) is 0 Å². The zero-order chi connectivity index (χ0) is 23.5. The van der Waals surface area contributed by atoms with E-state index in [9.17, 15) is 0 Å². The third-order valence-electron chi connectivity index (χ3n) is 6.97. The molecule has 34 heavy (non-hydrogen) atoms. The van der Waals surface area contributed by atoms with Crippen molar-refractivity contribution in [2.75, 3.05) is 0 Å². The van der Waals surface area contributed by atoms with E-state index in [1.54, 1.807) is 0 Å². The van der Waals surface area contributed by atoms with E-state index < -0.39 is 18.3 Å². The Labute approximate surface area is 198 Å². The largest absolute Gasteiger partial charge is 0.495 e. The molecule has 0 atom stereocenters. The second-order valence-electron chi connectivity index (χ2n) is 9.71. The Morgan fingerprint density at radius 3 is 2.12 bits per heavy atom. The molecular weight excluding hydrogens is 423 g/mol. The van der Waals surface area contributed by atoms with Gasteiger partial charge < -0.3 is 13.7 Å². The quantitative estimate of drug-likeness (QED) is 0.317. The molecule has 1 aliphatic heterocycles. The van der Waals surface area contributed by atoms with Crippen molar-refractivity contribution in [3.63, 3.8) is 0 Å². The summed E-state index contributed by atoms with van der Waals surface area (Å²) in [6.07, 6.45) is 0. The van der Waals surface area contributed by atoms with E-state index >= 15 is 0 Å². The Morgan fingerprint density at radius 1 is 0.706 bits per heavy atom. The first kappa shape index (κ1) is 21.1. The van der Waals surface area contributed by atoms with E-state index in [1.807, 2.05) is 78.9 Å². The van der Waals surface area contributed by atoms with Gasteiger partial charge in [-0.25, -0.2) is 9.97 Å². The molecule has 0 spiro atoms. The van der Waals surface area contributed by atoms with Crippen molar-refractivity contribution in [3.05, 3.63) is 78.9 Å². The van der Waals surface area contributed by atoms with Crippen LogP contribution in [0.5, 0.6) is 0 Å². The zero-order valence-corrected chi connectivity index (χ0v) is 19.7. The van der Waals surface area contributed by atoms with Gasteiger partial charge in [0.25, 0.3) is 0 Å². The predicted molar refractivity (Wildman–Crippen MR) is 136 cm³/mol. The number of aromatic nitrogens is 2. The first-order valence-electron chi connectivity index (χ1n) is 11.5. The lowest BCUT2D eigenvalue weighted by atomic mass is 9.75. The van der Waals surface area contributed by atoms with Crippen LogP contribution in [-0.2, 0) is 9.31 Å². The van der Waals surface area contributed by atoms with E-state index in [-0.39, 0.29) is 0 Å². The molecule has 1 fully saturated rings. The van der Waals surface area contributed by atoms with Gasteiger partial charge in [0.1, 0.15) is 16.8 Å². The molecule has 5 nitrogen and oxygen atoms in total. The van der Waals surface area contributed by atoms with Crippen molar-refractivity contribution in [1.82, 2.24) is 9.97 Å². The van der Waals surface area contributed by atoms with Gasteiger partial charge in [0, 0.05) is 16.5 Å². The third-order valence-corrected chi connectivity index (χ3v) is 6.97. The van der Waals surface area contributed by atoms with E-state index in [0.717, 1.165) is 38.8 Å². The molecule has 3 aromatic carbocycles. The summed E-state index contributed by atoms with van der Waals surface area (Å²) in [5, 5.41) is 0.964. The monoisotopic (exact) mass is 448 g/mol. The zero-order valence-electron chi connectivity index (χ0n) is 19.7. The van der Waals surface area contributed by atoms with Crippen molar-refractivity contribution in [2.24, 2.45) is 0 Å². The first-order valence-corrected chi connectivity index (χ1v) is 11.5. The van der Waals surface area contributed by atoms with Crippen LogP contribution in [0.3, 0.4) is 0 Å². The van der Waals surface area contributed by atoms with Crippen LogP contribution < -0.4 is 5.46 Å². The molecule has 0 aliphatic carbocycles. The molecule has 0 unspecified atom stereocenters. The van der Waals surface area contributed by atoms with E-state index in [1.165, 1.54) is 0 Å². The van der Waals surface area contributed by atoms with Crippen LogP contribution in [0.25, 0.3) is 44.7 Å². The highest BCUT2D eigenvalue weighted by atomic mass is 16.7. The average molecular weight is 448 g/mol. The van der Waals surface area contributed by atoms with Gasteiger partial charge in [-0.3, -0.25) is 0 Å². The molecule has 2 aromatic heterocycles. The maximum atomic E-state index is 6.40. The maximum absolute atomic E-state index is 6.40. The van der Waals surface area contributed by atoms with Gasteiger partial charge >= 0.3 is 7.12 Å². The Morgan fingerprint density at radius 2 is 1.35 bits per heavy atom. The number of nitrogens with zero attached hydrogens (tertiary/aromatic N) is 2. The smallest absolute Gasteiger partial charge is 0.452 e. The summed E-state index contributed by atoms with van der Waals surface area (Å²) in [5.74, 6) is 0.651. The molecule has 6 rings (SSSR count). The highest BCUT2D eigenvalue weighted by Crippen LogP contribution is 2.39. The fourth-order valence-corrected chi connectivity index (χ4v) is 4.38. The highest BCUT2D eigenvalue weighted by molar-refractivity contribution is 6.64. The van der Waals surface area contributed by atoms with Crippen molar-refractivity contribution >= 4 is 34.7 Å². The summed E-state index contributed by atoms with van der Waals surface area (Å²) in [4.78, 5) is 9.95. The average Bonchev–Trinajstić information content (AvgIpc) is 3.32. The normalized spacial score (nSPS) is 17.0. The van der Waals surface area contributed by atoms with Crippen molar-refractivity contribution in [1.29, 1.82) is 0 Å². The van der Waals surface area contributed by atoms with Gasteiger partial charge in [-0.2, -0.15) is 0 Å². The van der Waals surface area contributed by atoms with Crippen LogP contribution in [0, 0.1) is 0 Å². The molecule has 3 heterocycles. The second kappa shape index (κ2) is 7.52. The number of hydrogen-bond donors (Lipinski definition) is 0. The highest BCUT2D eigenvalue weighted by Gasteiger charge is 2.52. The summed E-state index contributed by atoms with van der Waals surface area (Å²) in [7, 11) is -0.518. The summed E-state index contributed by atoms with van der Waals surface area (Å²) in [6, 6.07) is 26.1. The number of para-hydroxylation sites is 1. The van der Waals surface area contributed by atoms with Crippen molar-refractivity contribution < 1.29 is 13.7 Å². The Balaban J connectivity index is 1.62. The van der Waals surface area contributed by atoms with Crippen LogP contribution in [0.1, 0.15) is 27.7 Å². The number of furan rings is 1. The van der Waals surface area contributed by atoms with Crippen LogP contribution in [0.15, 0.2) is 83.3 Å². The van der Waals surface area contributed by atoms with Crippen LogP contribution in [0.2, 0.25) is 0 Å². The van der Waals surface area contributed by atoms with Crippen LogP contribution in [-0.4, -0.2) is 28.3 Å². The minimum absolute atomic E-state index is 0.444. The Kier molecular flexibility index (Phi) is 4.66. The summed E-state index contributed by atoms with van der Waals surface area (Å²) >= 11 is 0. The van der Waals surface area contributed by atoms with Gasteiger partial charge in [0.05, 0.1) is 11.2 Å². The Hall–Kier alpha value is -3.48. The van der Waals surface area contributed by atoms with Gasteiger partial charge in [-0.1, -0.05) is 66.7 Å². The molecule has 0 bridgehead atoms. The lowest BCUT2D eigenvalue weighted by molar-refractivity contribution is 0.00578. The van der Waals surface area contributed by atoms with Crippen LogP contribution in [0.4, 0.5) is 0 Å². The molecular formula is C28H25BN2O3. The molecule has 0 N–H and O–H groups in total. The van der Waals surface area contributed by atoms with Crippen molar-refractivity contribution in [3.8, 4) is 22.6 Å². The maximum Gasteiger partial charge on any atom is 0.495 e. The number of rotatable bonds is 3. The fourth-order valence-electron chi connectivity index (χ4n) is 4.38. The summed E-state index contributed by atoms with van der Waals surface area (Å²) in [6.45, 7) is 8.24. The SMILES string of the molecule is CC1(C)OB(c2ccccc2-c2nc(-c3ccccc3)nc3c2oc2ccccc23)OC1(C)C. The molecule has 1 saturated heterocycles. The standard InChI is InChI=1S/C28H25BN2O3/c1-27(2)28(3,4)34-29(33-27)21-16-10-8-14-19(21)23-25-24(20-15-9-11-17-22(20)32-25)31-26(30-23)18-12-6-5-7-13-18/h5-17H,1-4H3. The van der Waals surface area contributed by atoms with E-state index in [4.69, 9.17) is 23.7 Å². The molecule has 168 valence electrons. The Bertz CT molecular complexity index is 1510. The van der Waals surface area contributed by atoms with E-state index in [2.05, 4.69) is 27.7 Å². The number of benzene rings is 3. The second-order valence-corrected chi connectivity index (χ2v) is 9.71. The van der Waals surface area contributed by atoms with Crippen LogP contribution >= 0.6 is 0 Å². The molecule has 6 heteroatoms. The molecule has 5 aromatic rings. The minimum Gasteiger partial charge on any atom is -0.452 e. The van der Waals surface area contributed by atoms with E-state index in [0.29, 0.717) is 11.4 Å². The molecule has 0 radical (unpaired) electrons. The molecule has 0 amide bonds. The fraction of sp³-hybridized carbons (Fsp3) is 0.214. The van der Waals surface area contributed by atoms with Gasteiger partial charge in [-0.05, 0) is 45.3 Å². The summed E-state index contributed by atoms with van der Waals surface area (Å²) < 4.78 is 19.1. The molecule has 1 aliphatic rings. The molecule has 0 saturated carbocycles. The first-order chi connectivity index (χ1) is 16.3. The van der Waals surface area contributed by atoms with Gasteiger partial charge in [0.2, 0.25) is 0 Å². The minimum atomic E-state index is -0.518. The lowest BCUT2D eigenvalue weighted by Crippen LogP contribution is -2.41. The lowest BCUT2D eigenvalue weighted by Gasteiger charge is -2.32. The summed E-state index contributed by atoms with van der Waals surface area (Å²) in [5.41, 5.74) is 4.85. The third kappa shape index (κ3) is 3.25. The topological polar surface area (TPSA) is 57.4 Å².